The molecular formula is C46H86S2. The lowest BCUT2D eigenvalue weighted by Gasteiger charge is -2.09. The Balaban J connectivity index is 1.93. The number of hydrogen-bond donors (Lipinski definition) is 0. The second kappa shape index (κ2) is 38.2. The lowest BCUT2D eigenvalue weighted by Crippen LogP contribution is -1.88. The Morgan fingerprint density at radius 3 is 0.750 bits per heavy atom. The maximum absolute atomic E-state index is 2.48. The largest absolute Gasteiger partial charge is 0.126 e. The van der Waals surface area contributed by atoms with Crippen LogP contribution in [-0.2, 0) is 6.42 Å². The van der Waals surface area contributed by atoms with Gasteiger partial charge in [-0.1, -0.05) is 226 Å². The summed E-state index contributed by atoms with van der Waals surface area (Å²) < 4.78 is 0. The monoisotopic (exact) mass is 703 g/mol. The van der Waals surface area contributed by atoms with Crippen molar-refractivity contribution in [1.29, 1.82) is 0 Å². The molecule has 0 aliphatic carbocycles. The number of benzene rings is 1. The van der Waals surface area contributed by atoms with E-state index in [2.05, 4.69) is 62.5 Å². The Morgan fingerprint density at radius 2 is 0.521 bits per heavy atom. The topological polar surface area (TPSA) is 0 Å². The van der Waals surface area contributed by atoms with Gasteiger partial charge in [-0.2, -0.15) is 0 Å². The molecule has 0 radical (unpaired) electrons. The van der Waals surface area contributed by atoms with E-state index >= 15 is 0 Å². The van der Waals surface area contributed by atoms with Crippen LogP contribution in [0, 0.1) is 0 Å². The highest BCUT2D eigenvalue weighted by atomic mass is 32.2. The van der Waals surface area contributed by atoms with Crippen LogP contribution in [0.5, 0.6) is 0 Å². The molecule has 0 amide bonds. The van der Waals surface area contributed by atoms with Crippen molar-refractivity contribution < 1.29 is 0 Å². The van der Waals surface area contributed by atoms with Crippen LogP contribution in [0.1, 0.15) is 245 Å². The number of hydrogen-bond acceptors (Lipinski definition) is 2. The minimum atomic E-state index is 1.15. The molecule has 1 aromatic rings. The van der Waals surface area contributed by atoms with E-state index in [1.807, 2.05) is 0 Å². The van der Waals surface area contributed by atoms with Crippen LogP contribution in [0.4, 0.5) is 0 Å². The molecule has 282 valence electrons. The fourth-order valence-electron chi connectivity index (χ4n) is 7.04. The number of aryl methyl sites for hydroxylation is 1. The molecule has 0 unspecified atom stereocenters. The molecule has 0 N–H and O–H groups in total. The average Bonchev–Trinajstić information content (AvgIpc) is 3.10. The lowest BCUT2D eigenvalue weighted by atomic mass is 10.0. The predicted octanol–water partition coefficient (Wildman–Crippen LogP) is 17.7. The van der Waals surface area contributed by atoms with Crippen LogP contribution in [0.15, 0.2) is 28.0 Å². The van der Waals surface area contributed by atoms with Gasteiger partial charge in [0.05, 0.1) is 0 Å². The molecule has 0 aromatic heterocycles. The maximum Gasteiger partial charge on any atom is 0.00858 e. The molecule has 0 atom stereocenters. The van der Waals surface area contributed by atoms with Gasteiger partial charge in [0.25, 0.3) is 0 Å². The zero-order valence-electron chi connectivity index (χ0n) is 33.2. The number of thioether (sulfide) groups is 2. The highest BCUT2D eigenvalue weighted by Crippen LogP contribution is 2.29. The molecule has 2 heteroatoms. The van der Waals surface area contributed by atoms with Crippen molar-refractivity contribution in [2.75, 3.05) is 11.5 Å². The van der Waals surface area contributed by atoms with E-state index in [-0.39, 0.29) is 0 Å². The van der Waals surface area contributed by atoms with Crippen molar-refractivity contribution in [3.63, 3.8) is 0 Å². The van der Waals surface area contributed by atoms with Crippen molar-refractivity contribution in [2.45, 2.75) is 255 Å². The van der Waals surface area contributed by atoms with E-state index in [1.165, 1.54) is 245 Å². The predicted molar refractivity (Wildman–Crippen MR) is 226 cm³/mol. The summed E-state index contributed by atoms with van der Waals surface area (Å²) >= 11 is 4.21. The van der Waals surface area contributed by atoms with Gasteiger partial charge in [0.2, 0.25) is 0 Å². The van der Waals surface area contributed by atoms with Crippen LogP contribution in [0.2, 0.25) is 0 Å². The van der Waals surface area contributed by atoms with Gasteiger partial charge >= 0.3 is 0 Å². The second-order valence-electron chi connectivity index (χ2n) is 15.2. The molecule has 0 saturated heterocycles. The highest BCUT2D eigenvalue weighted by Gasteiger charge is 2.03. The zero-order chi connectivity index (χ0) is 34.4. The van der Waals surface area contributed by atoms with Crippen LogP contribution in [0.3, 0.4) is 0 Å². The van der Waals surface area contributed by atoms with E-state index in [0.717, 1.165) is 6.42 Å². The first-order chi connectivity index (χ1) is 23.8. The van der Waals surface area contributed by atoms with E-state index < -0.39 is 0 Å². The van der Waals surface area contributed by atoms with Crippen molar-refractivity contribution >= 4 is 23.5 Å². The first kappa shape index (κ1) is 45.9. The van der Waals surface area contributed by atoms with Gasteiger partial charge in [0.15, 0.2) is 0 Å². The third-order valence-corrected chi connectivity index (χ3v) is 12.5. The minimum absolute atomic E-state index is 1.15. The summed E-state index contributed by atoms with van der Waals surface area (Å²) in [6.45, 7) is 6.93. The Labute approximate surface area is 312 Å². The average molecular weight is 703 g/mol. The summed E-state index contributed by atoms with van der Waals surface area (Å²) in [5, 5.41) is 0. The standard InChI is InChI=1S/C46H86S2/c1-4-7-9-11-13-15-17-19-21-23-25-27-29-31-33-35-37-39-47-45-41-44(6-3)42-46(43-45)48-40-38-36-34-32-30-28-26-24-22-20-18-16-14-12-10-8-5-2/h41-43H,4-40H2,1-3H3. The Kier molecular flexibility index (Phi) is 36.5. The van der Waals surface area contributed by atoms with E-state index in [0.29, 0.717) is 0 Å². The van der Waals surface area contributed by atoms with Gasteiger partial charge in [-0.25, -0.2) is 0 Å². The molecule has 0 saturated carbocycles. The van der Waals surface area contributed by atoms with E-state index in [1.54, 1.807) is 0 Å². The SMILES string of the molecule is CCCCCCCCCCCCCCCCCCCSc1cc(CC)cc(SCCCCCCCCCCCCCCCCCCC)c1. The first-order valence-corrected chi connectivity index (χ1v) is 24.2. The van der Waals surface area contributed by atoms with Crippen LogP contribution in [-0.4, -0.2) is 11.5 Å². The summed E-state index contributed by atoms with van der Waals surface area (Å²) in [7, 11) is 0. The summed E-state index contributed by atoms with van der Waals surface area (Å²) in [6, 6.07) is 7.39. The third-order valence-electron chi connectivity index (χ3n) is 10.4. The van der Waals surface area contributed by atoms with Gasteiger partial charge in [-0.3, -0.25) is 0 Å². The molecule has 0 fully saturated rings. The summed E-state index contributed by atoms with van der Waals surface area (Å²) in [4.78, 5) is 3.02. The third kappa shape index (κ3) is 31.9. The molecule has 48 heavy (non-hydrogen) atoms. The van der Waals surface area contributed by atoms with E-state index in [4.69, 9.17) is 0 Å². The molecule has 0 aliphatic heterocycles. The van der Waals surface area contributed by atoms with Crippen molar-refractivity contribution in [1.82, 2.24) is 0 Å². The second-order valence-corrected chi connectivity index (χ2v) is 17.5. The normalized spacial score (nSPS) is 11.6. The van der Waals surface area contributed by atoms with Gasteiger partial charge in [0, 0.05) is 9.79 Å². The molecule has 1 aromatic carbocycles. The van der Waals surface area contributed by atoms with Crippen LogP contribution < -0.4 is 0 Å². The minimum Gasteiger partial charge on any atom is -0.126 e. The van der Waals surface area contributed by atoms with Crippen molar-refractivity contribution in [3.8, 4) is 0 Å². The van der Waals surface area contributed by atoms with E-state index in [9.17, 15) is 0 Å². The molecule has 0 bridgehead atoms. The van der Waals surface area contributed by atoms with Gasteiger partial charge in [0.1, 0.15) is 0 Å². The van der Waals surface area contributed by atoms with Crippen molar-refractivity contribution in [2.24, 2.45) is 0 Å². The van der Waals surface area contributed by atoms with Gasteiger partial charge in [-0.15, -0.1) is 23.5 Å². The summed E-state index contributed by atoms with van der Waals surface area (Å²) in [5.41, 5.74) is 1.52. The highest BCUT2D eigenvalue weighted by molar-refractivity contribution is 8.00. The van der Waals surface area contributed by atoms with Gasteiger partial charge < -0.3 is 0 Å². The lowest BCUT2D eigenvalue weighted by molar-refractivity contribution is 0.529. The Morgan fingerprint density at radius 1 is 0.292 bits per heavy atom. The zero-order valence-corrected chi connectivity index (χ0v) is 34.8. The van der Waals surface area contributed by atoms with Crippen molar-refractivity contribution in [3.05, 3.63) is 23.8 Å². The summed E-state index contributed by atoms with van der Waals surface area (Å²) in [5.74, 6) is 2.57. The fraction of sp³-hybridized carbons (Fsp3) is 0.870. The van der Waals surface area contributed by atoms with Gasteiger partial charge in [-0.05, 0) is 54.5 Å². The quantitative estimate of drug-likeness (QED) is 0.0495. The first-order valence-electron chi connectivity index (χ1n) is 22.2. The molecule has 1 rings (SSSR count). The summed E-state index contributed by atoms with van der Waals surface area (Å²) in [6.07, 6.45) is 50.5. The Bertz CT molecular complexity index is 700. The fourth-order valence-corrected chi connectivity index (χ4v) is 9.17. The van der Waals surface area contributed by atoms with Crippen LogP contribution in [0.25, 0.3) is 0 Å². The maximum atomic E-state index is 2.48. The molecule has 0 aliphatic rings. The number of unbranched alkanes of at least 4 members (excludes halogenated alkanes) is 32. The number of rotatable bonds is 39. The molecule has 0 spiro atoms. The van der Waals surface area contributed by atoms with Crippen LogP contribution >= 0.6 is 23.5 Å². The molecular weight excluding hydrogens is 617 g/mol. The smallest absolute Gasteiger partial charge is 0.00858 e. The Hall–Kier alpha value is -0.0800. The molecule has 0 heterocycles. The molecule has 0 nitrogen and oxygen atoms in total.